The van der Waals surface area contributed by atoms with Crippen molar-refractivity contribution in [3.63, 3.8) is 0 Å². The Bertz CT molecular complexity index is 189. The van der Waals surface area contributed by atoms with Crippen LogP contribution in [0.25, 0.3) is 0 Å². The van der Waals surface area contributed by atoms with E-state index < -0.39 is 0 Å². The van der Waals surface area contributed by atoms with Crippen molar-refractivity contribution in [1.82, 2.24) is 0 Å². The first-order chi connectivity index (χ1) is 6.43. The molecule has 3 heteroatoms. The third-order valence-electron chi connectivity index (χ3n) is 3.74. The average Bonchev–Trinajstić information content (AvgIpc) is 2.80. The lowest BCUT2D eigenvalue weighted by Crippen LogP contribution is -2.31. The summed E-state index contributed by atoms with van der Waals surface area (Å²) in [5, 5.41) is 5.53. The highest BCUT2D eigenvalue weighted by molar-refractivity contribution is 8.30. The summed E-state index contributed by atoms with van der Waals surface area (Å²) in [5.74, 6) is 2.31. The van der Waals surface area contributed by atoms with Gasteiger partial charge in [-0.25, -0.2) is 0 Å². The van der Waals surface area contributed by atoms with E-state index in [0.717, 1.165) is 22.7 Å². The lowest BCUT2D eigenvalue weighted by molar-refractivity contribution is 0.490. The molecule has 2 saturated carbocycles. The van der Waals surface area contributed by atoms with Crippen molar-refractivity contribution < 1.29 is 0 Å². The smallest absolute Gasteiger partial charge is 0.0976 e. The molecule has 0 amide bonds. The zero-order valence-electron chi connectivity index (χ0n) is 7.91. The monoisotopic (exact) mass is 233 g/mol. The van der Waals surface area contributed by atoms with E-state index in [4.69, 9.17) is 0 Å². The maximum atomic E-state index is 2.19. The van der Waals surface area contributed by atoms with Crippen LogP contribution in [0.4, 0.5) is 0 Å². The topological polar surface area (TPSA) is 0 Å². The fourth-order valence-corrected chi connectivity index (χ4v) is 10.7. The zero-order valence-corrected chi connectivity index (χ0v) is 10.4. The summed E-state index contributed by atoms with van der Waals surface area (Å²) < 4.78 is 0. The largest absolute Gasteiger partial charge is 0.155 e. The Hall–Kier alpha value is 1.05. The highest BCUT2D eigenvalue weighted by atomic mass is 32.3. The molecule has 74 valence electrons. The second-order valence-electron chi connectivity index (χ2n) is 4.51. The molecule has 0 radical (unpaired) electrons. The molecule has 3 rings (SSSR count). The molecule has 3 unspecified atom stereocenters. The third-order valence-corrected chi connectivity index (χ3v) is 10.3. The van der Waals surface area contributed by atoms with Crippen LogP contribution in [0.3, 0.4) is 0 Å². The first kappa shape index (κ1) is 9.29. The molecule has 3 fully saturated rings. The molecule has 1 saturated heterocycles. The van der Waals surface area contributed by atoms with Gasteiger partial charge in [0, 0.05) is 21.9 Å². The molecule has 0 aromatic heterocycles. The minimum absolute atomic E-state index is 0.806. The Morgan fingerprint density at radius 3 is 2.46 bits per heavy atom. The van der Waals surface area contributed by atoms with E-state index in [-0.39, 0.29) is 0 Å². The molecular weight excluding hydrogens is 216 g/mol. The van der Waals surface area contributed by atoms with Gasteiger partial charge in [0.2, 0.25) is 0 Å². The molecule has 1 aliphatic heterocycles. The molecule has 1 heterocycles. The molecule has 2 bridgehead atoms. The lowest BCUT2D eigenvalue weighted by Gasteiger charge is -2.24. The standard InChI is InChI=1S/C10H17S3/c1-2-9-3-8(1)4-10(9)13-6-11-5-12-7-13/h8-10H,1-7H2/q+1. The zero-order chi connectivity index (χ0) is 8.67. The summed E-state index contributed by atoms with van der Waals surface area (Å²) in [6.45, 7) is 0. The van der Waals surface area contributed by atoms with Gasteiger partial charge in [-0.3, -0.25) is 0 Å². The Balaban J connectivity index is 1.65. The fraction of sp³-hybridized carbons (Fsp3) is 1.00. The van der Waals surface area contributed by atoms with E-state index in [0.29, 0.717) is 0 Å². The minimum atomic E-state index is 0.806. The fourth-order valence-electron chi connectivity index (χ4n) is 3.14. The predicted molar refractivity (Wildman–Crippen MR) is 66.4 cm³/mol. The van der Waals surface area contributed by atoms with E-state index in [9.17, 15) is 0 Å². The minimum Gasteiger partial charge on any atom is -0.0976 e. The van der Waals surface area contributed by atoms with Crippen molar-refractivity contribution in [2.45, 2.75) is 30.9 Å². The Morgan fingerprint density at radius 2 is 1.85 bits per heavy atom. The van der Waals surface area contributed by atoms with Crippen molar-refractivity contribution >= 4 is 34.4 Å². The van der Waals surface area contributed by atoms with Gasteiger partial charge in [0.25, 0.3) is 0 Å². The number of hydrogen-bond donors (Lipinski definition) is 0. The van der Waals surface area contributed by atoms with Gasteiger partial charge in [0.15, 0.2) is 10.2 Å². The molecule has 3 atom stereocenters. The van der Waals surface area contributed by atoms with Gasteiger partial charge in [0.05, 0.1) is 0 Å². The van der Waals surface area contributed by atoms with Crippen molar-refractivity contribution in [2.24, 2.45) is 11.8 Å². The van der Waals surface area contributed by atoms with Crippen molar-refractivity contribution in [3.05, 3.63) is 0 Å². The van der Waals surface area contributed by atoms with Gasteiger partial charge >= 0.3 is 0 Å². The normalized spacial score (nSPS) is 45.7. The van der Waals surface area contributed by atoms with Crippen LogP contribution in [0.1, 0.15) is 25.7 Å². The van der Waals surface area contributed by atoms with Gasteiger partial charge in [-0.05, 0) is 31.6 Å². The van der Waals surface area contributed by atoms with Gasteiger partial charge in [-0.2, -0.15) is 0 Å². The van der Waals surface area contributed by atoms with Crippen LogP contribution in [0.15, 0.2) is 0 Å². The molecule has 3 aliphatic rings. The summed E-state index contributed by atoms with van der Waals surface area (Å²) >= 11 is 4.39. The molecule has 0 aromatic rings. The number of hydrogen-bond acceptors (Lipinski definition) is 2. The quantitative estimate of drug-likeness (QED) is 0.638. The molecule has 13 heavy (non-hydrogen) atoms. The van der Waals surface area contributed by atoms with E-state index in [1.54, 1.807) is 25.7 Å². The van der Waals surface area contributed by atoms with E-state index in [1.807, 2.05) is 0 Å². The summed E-state index contributed by atoms with van der Waals surface area (Å²) in [5.41, 5.74) is 0. The van der Waals surface area contributed by atoms with Crippen molar-refractivity contribution in [1.29, 1.82) is 0 Å². The van der Waals surface area contributed by atoms with Gasteiger partial charge < -0.3 is 0 Å². The lowest BCUT2D eigenvalue weighted by atomic mass is 10.0. The van der Waals surface area contributed by atoms with Crippen molar-refractivity contribution in [3.8, 4) is 0 Å². The van der Waals surface area contributed by atoms with Crippen molar-refractivity contribution in [2.75, 3.05) is 15.3 Å². The Morgan fingerprint density at radius 1 is 1.00 bits per heavy atom. The molecule has 0 nitrogen and oxygen atoms in total. The average molecular weight is 233 g/mol. The molecule has 0 N–H and O–H groups in total. The molecule has 0 spiro atoms. The molecule has 2 aliphatic carbocycles. The predicted octanol–water partition coefficient (Wildman–Crippen LogP) is 3.15. The van der Waals surface area contributed by atoms with Crippen LogP contribution in [-0.2, 0) is 10.9 Å². The summed E-state index contributed by atoms with van der Waals surface area (Å²) in [6, 6.07) is 0. The SMILES string of the molecule is C1SC[S+](C2CC3CCC2C3)CS1. The highest BCUT2D eigenvalue weighted by Gasteiger charge is 2.48. The van der Waals surface area contributed by atoms with Crippen LogP contribution < -0.4 is 0 Å². The van der Waals surface area contributed by atoms with Crippen LogP contribution in [0.2, 0.25) is 0 Å². The van der Waals surface area contributed by atoms with E-state index >= 15 is 0 Å². The van der Waals surface area contributed by atoms with Crippen LogP contribution in [0.5, 0.6) is 0 Å². The first-order valence-corrected chi connectivity index (χ1v) is 9.19. The summed E-state index contributed by atoms with van der Waals surface area (Å²) in [6.07, 6.45) is 6.35. The second-order valence-corrected chi connectivity index (χ2v) is 9.84. The first-order valence-electron chi connectivity index (χ1n) is 5.25. The van der Waals surface area contributed by atoms with E-state index in [1.165, 1.54) is 20.5 Å². The second kappa shape index (κ2) is 3.90. The highest BCUT2D eigenvalue weighted by Crippen LogP contribution is 2.49. The van der Waals surface area contributed by atoms with Crippen LogP contribution in [-0.4, -0.2) is 20.5 Å². The summed E-state index contributed by atoms with van der Waals surface area (Å²) in [7, 11) is 0.806. The maximum absolute atomic E-state index is 2.19. The summed E-state index contributed by atoms with van der Waals surface area (Å²) in [4.78, 5) is 0. The maximum Gasteiger partial charge on any atom is 0.155 e. The Kier molecular flexibility index (Phi) is 2.78. The van der Waals surface area contributed by atoms with Gasteiger partial charge in [-0.15, -0.1) is 0 Å². The molecule has 0 aromatic carbocycles. The van der Waals surface area contributed by atoms with Crippen LogP contribution in [0, 0.1) is 11.8 Å². The van der Waals surface area contributed by atoms with Gasteiger partial charge in [-0.1, -0.05) is 23.5 Å². The third kappa shape index (κ3) is 1.76. The van der Waals surface area contributed by atoms with E-state index in [2.05, 4.69) is 23.5 Å². The number of fused-ring (bicyclic) bond motifs is 2. The number of rotatable bonds is 1. The van der Waals surface area contributed by atoms with Crippen LogP contribution >= 0.6 is 23.5 Å². The molecular formula is C10H17S3+. The number of thioether (sulfide) groups is 2. The Labute approximate surface area is 92.3 Å². The van der Waals surface area contributed by atoms with Gasteiger partial charge in [0.1, 0.15) is 5.25 Å².